The number of aromatic amines is 1. The van der Waals surface area contributed by atoms with Gasteiger partial charge in [-0.15, -0.1) is 0 Å². The van der Waals surface area contributed by atoms with Crippen molar-refractivity contribution in [2.75, 3.05) is 11.9 Å². The molecule has 0 aromatic carbocycles. The molecule has 1 N–H and O–H groups in total. The van der Waals surface area contributed by atoms with Gasteiger partial charge in [0, 0.05) is 25.1 Å². The number of nitriles is 1. The Morgan fingerprint density at radius 1 is 1.50 bits per heavy atom. The van der Waals surface area contributed by atoms with Gasteiger partial charge in [-0.2, -0.15) is 5.26 Å². The molecule has 18 heavy (non-hydrogen) atoms. The van der Waals surface area contributed by atoms with Crippen molar-refractivity contribution in [2.24, 2.45) is 0 Å². The average Bonchev–Trinajstić information content (AvgIpc) is 2.91. The van der Waals surface area contributed by atoms with Crippen LogP contribution in [0.1, 0.15) is 11.3 Å². The molecule has 0 aliphatic heterocycles. The summed E-state index contributed by atoms with van der Waals surface area (Å²) in [6.45, 7) is 0. The summed E-state index contributed by atoms with van der Waals surface area (Å²) in [5.74, 6) is 0.472. The normalized spacial score (nSPS) is 9.78. The van der Waals surface area contributed by atoms with Gasteiger partial charge in [0.15, 0.2) is 0 Å². The maximum Gasteiger partial charge on any atom is 0.233 e. The second-order valence-electron chi connectivity index (χ2n) is 3.84. The van der Waals surface area contributed by atoms with E-state index in [-0.39, 0.29) is 5.91 Å². The number of nitrogens with zero attached hydrogens (tertiary/aromatic N) is 3. The van der Waals surface area contributed by atoms with Crippen LogP contribution >= 0.6 is 0 Å². The van der Waals surface area contributed by atoms with E-state index < -0.39 is 0 Å². The number of carbonyl (C=O) groups excluding carboxylic acids is 1. The number of likely N-dealkylation sites (N-methyl/N-ethyl adjacent to an activating group) is 1. The summed E-state index contributed by atoms with van der Waals surface area (Å²) in [6, 6.07) is 8.99. The van der Waals surface area contributed by atoms with Gasteiger partial charge in [-0.05, 0) is 24.3 Å². The molecule has 90 valence electrons. The van der Waals surface area contributed by atoms with Crippen LogP contribution in [-0.4, -0.2) is 22.9 Å². The number of anilines is 1. The molecular formula is C13H12N4O. The molecule has 0 fully saturated rings. The van der Waals surface area contributed by atoms with Crippen LogP contribution in [0.5, 0.6) is 0 Å². The molecule has 2 aromatic heterocycles. The van der Waals surface area contributed by atoms with E-state index in [0.29, 0.717) is 17.8 Å². The zero-order valence-corrected chi connectivity index (χ0v) is 9.92. The molecule has 0 saturated heterocycles. The second-order valence-corrected chi connectivity index (χ2v) is 3.84. The lowest BCUT2D eigenvalue weighted by Gasteiger charge is -2.15. The van der Waals surface area contributed by atoms with E-state index in [0.717, 1.165) is 5.69 Å². The van der Waals surface area contributed by atoms with Crippen molar-refractivity contribution in [1.29, 1.82) is 5.26 Å². The number of nitrogens with one attached hydrogen (secondary N) is 1. The van der Waals surface area contributed by atoms with Gasteiger partial charge >= 0.3 is 0 Å². The summed E-state index contributed by atoms with van der Waals surface area (Å²) in [4.78, 5) is 20.5. The first-order chi connectivity index (χ1) is 8.70. The summed E-state index contributed by atoms with van der Waals surface area (Å²) in [7, 11) is 1.67. The van der Waals surface area contributed by atoms with Crippen LogP contribution in [0.2, 0.25) is 0 Å². The molecule has 0 bridgehead atoms. The molecule has 0 spiro atoms. The Morgan fingerprint density at radius 3 is 2.89 bits per heavy atom. The Hall–Kier alpha value is -2.61. The zero-order valence-electron chi connectivity index (χ0n) is 9.92. The van der Waals surface area contributed by atoms with Crippen molar-refractivity contribution in [3.8, 4) is 6.07 Å². The van der Waals surface area contributed by atoms with Crippen LogP contribution < -0.4 is 4.90 Å². The molecular weight excluding hydrogens is 228 g/mol. The number of rotatable bonds is 3. The standard InChI is InChI=1S/C13H12N4O/c1-17(12-5-4-10(8-14)9-16-12)13(18)7-11-3-2-6-15-11/h2-6,9,15H,7H2,1H3. The fraction of sp³-hybridized carbons (Fsp3) is 0.154. The Balaban J connectivity index is 2.08. The third kappa shape index (κ3) is 2.55. The van der Waals surface area contributed by atoms with E-state index in [9.17, 15) is 4.79 Å². The second kappa shape index (κ2) is 5.15. The van der Waals surface area contributed by atoms with Crippen molar-refractivity contribution >= 4 is 11.7 Å². The van der Waals surface area contributed by atoms with E-state index in [1.54, 1.807) is 25.4 Å². The van der Waals surface area contributed by atoms with Gasteiger partial charge in [-0.1, -0.05) is 0 Å². The van der Waals surface area contributed by atoms with Gasteiger partial charge in [0.25, 0.3) is 0 Å². The molecule has 5 heteroatoms. The largest absolute Gasteiger partial charge is 0.365 e. The van der Waals surface area contributed by atoms with Crippen LogP contribution in [0.15, 0.2) is 36.7 Å². The molecule has 0 radical (unpaired) electrons. The molecule has 0 aliphatic carbocycles. The SMILES string of the molecule is CN(C(=O)Cc1ccc[nH]1)c1ccc(C#N)cn1. The lowest BCUT2D eigenvalue weighted by atomic mass is 10.2. The summed E-state index contributed by atoms with van der Waals surface area (Å²) < 4.78 is 0. The Labute approximate surface area is 105 Å². The Morgan fingerprint density at radius 2 is 2.33 bits per heavy atom. The smallest absolute Gasteiger partial charge is 0.233 e. The molecule has 0 aliphatic rings. The van der Waals surface area contributed by atoms with Crippen molar-refractivity contribution in [1.82, 2.24) is 9.97 Å². The van der Waals surface area contributed by atoms with Crippen molar-refractivity contribution in [2.45, 2.75) is 6.42 Å². The highest BCUT2D eigenvalue weighted by molar-refractivity contribution is 5.93. The molecule has 2 heterocycles. The number of pyridine rings is 1. The molecule has 5 nitrogen and oxygen atoms in total. The van der Waals surface area contributed by atoms with Gasteiger partial charge in [0.2, 0.25) is 5.91 Å². The number of aromatic nitrogens is 2. The predicted octanol–water partition coefficient (Wildman–Crippen LogP) is 1.49. The highest BCUT2D eigenvalue weighted by Crippen LogP contribution is 2.10. The van der Waals surface area contributed by atoms with Crippen molar-refractivity contribution < 1.29 is 4.79 Å². The van der Waals surface area contributed by atoms with Crippen LogP contribution in [0, 0.1) is 11.3 Å². The van der Waals surface area contributed by atoms with Crippen LogP contribution in [0.3, 0.4) is 0 Å². The molecule has 2 rings (SSSR count). The van der Waals surface area contributed by atoms with Crippen molar-refractivity contribution in [3.63, 3.8) is 0 Å². The number of hydrogen-bond acceptors (Lipinski definition) is 3. The van der Waals surface area contributed by atoms with Gasteiger partial charge in [0.05, 0.1) is 12.0 Å². The minimum atomic E-state index is -0.0605. The van der Waals surface area contributed by atoms with E-state index in [4.69, 9.17) is 5.26 Å². The van der Waals surface area contributed by atoms with Gasteiger partial charge in [-0.25, -0.2) is 4.98 Å². The fourth-order valence-electron chi connectivity index (χ4n) is 1.54. The van der Waals surface area contributed by atoms with E-state index in [1.807, 2.05) is 18.2 Å². The summed E-state index contributed by atoms with van der Waals surface area (Å²) in [5.41, 5.74) is 1.34. The number of carbonyl (C=O) groups is 1. The number of hydrogen-bond donors (Lipinski definition) is 1. The summed E-state index contributed by atoms with van der Waals surface area (Å²) in [5, 5.41) is 8.67. The first-order valence-corrected chi connectivity index (χ1v) is 5.45. The van der Waals surface area contributed by atoms with Gasteiger partial charge in [-0.3, -0.25) is 9.69 Å². The van der Waals surface area contributed by atoms with Crippen LogP contribution in [0.4, 0.5) is 5.82 Å². The predicted molar refractivity (Wildman–Crippen MR) is 66.9 cm³/mol. The van der Waals surface area contributed by atoms with Gasteiger partial charge in [0.1, 0.15) is 11.9 Å². The Bertz CT molecular complexity index is 566. The molecule has 2 aromatic rings. The first kappa shape index (κ1) is 11.9. The number of amides is 1. The zero-order chi connectivity index (χ0) is 13.0. The molecule has 1 amide bonds. The minimum Gasteiger partial charge on any atom is -0.365 e. The molecule has 0 saturated carbocycles. The van der Waals surface area contributed by atoms with E-state index in [1.165, 1.54) is 11.1 Å². The van der Waals surface area contributed by atoms with E-state index in [2.05, 4.69) is 9.97 Å². The molecule has 0 atom stereocenters. The van der Waals surface area contributed by atoms with Crippen LogP contribution in [-0.2, 0) is 11.2 Å². The van der Waals surface area contributed by atoms with Crippen LogP contribution in [0.25, 0.3) is 0 Å². The minimum absolute atomic E-state index is 0.0605. The lowest BCUT2D eigenvalue weighted by Crippen LogP contribution is -2.28. The lowest BCUT2D eigenvalue weighted by molar-refractivity contribution is -0.117. The number of H-pyrrole nitrogens is 1. The maximum absolute atomic E-state index is 12.0. The average molecular weight is 240 g/mol. The highest BCUT2D eigenvalue weighted by atomic mass is 16.2. The van der Waals surface area contributed by atoms with Crippen molar-refractivity contribution in [3.05, 3.63) is 47.9 Å². The topological polar surface area (TPSA) is 72.8 Å². The van der Waals surface area contributed by atoms with E-state index >= 15 is 0 Å². The summed E-state index contributed by atoms with van der Waals surface area (Å²) >= 11 is 0. The Kier molecular flexibility index (Phi) is 3.39. The highest BCUT2D eigenvalue weighted by Gasteiger charge is 2.12. The monoisotopic (exact) mass is 240 g/mol. The fourth-order valence-corrected chi connectivity index (χ4v) is 1.54. The third-order valence-corrected chi connectivity index (χ3v) is 2.60. The maximum atomic E-state index is 12.0. The summed E-state index contributed by atoms with van der Waals surface area (Å²) in [6.07, 6.45) is 3.53. The molecule has 0 unspecified atom stereocenters. The quantitative estimate of drug-likeness (QED) is 0.883. The van der Waals surface area contributed by atoms with Gasteiger partial charge < -0.3 is 4.98 Å². The third-order valence-electron chi connectivity index (χ3n) is 2.60. The first-order valence-electron chi connectivity index (χ1n) is 5.45.